The van der Waals surface area contributed by atoms with Crippen molar-refractivity contribution in [3.05, 3.63) is 81.6 Å². The van der Waals surface area contributed by atoms with Crippen LogP contribution in [-0.2, 0) is 9.59 Å². The number of ketones is 2. The summed E-state index contributed by atoms with van der Waals surface area (Å²) in [6.07, 6.45) is 6.35. The highest BCUT2D eigenvalue weighted by molar-refractivity contribution is 8.25. The van der Waals surface area contributed by atoms with Gasteiger partial charge in [0.1, 0.15) is 11.5 Å². The predicted octanol–water partition coefficient (Wildman–Crippen LogP) is 5.26. The minimum atomic E-state index is -0.285. The Bertz CT molecular complexity index is 907. The van der Waals surface area contributed by atoms with Gasteiger partial charge in [-0.2, -0.15) is 0 Å². The van der Waals surface area contributed by atoms with E-state index < -0.39 is 0 Å². The Morgan fingerprint density at radius 3 is 1.50 bits per heavy atom. The third-order valence-electron chi connectivity index (χ3n) is 4.33. The van der Waals surface area contributed by atoms with Gasteiger partial charge in [-0.15, -0.1) is 23.5 Å². The Morgan fingerprint density at radius 2 is 1.13 bits per heavy atom. The summed E-state index contributed by atoms with van der Waals surface area (Å²) < 4.78 is 11.1. The first-order chi connectivity index (χ1) is 14.6. The molecule has 0 saturated carbocycles. The number of allylic oxidation sites excluding steroid dienone is 3. The molecule has 3 rings (SSSR count). The van der Waals surface area contributed by atoms with Gasteiger partial charge in [0.2, 0.25) is 0 Å². The van der Waals surface area contributed by atoms with Crippen molar-refractivity contribution in [3.63, 3.8) is 0 Å². The molecule has 0 atom stereocenters. The van der Waals surface area contributed by atoms with Crippen molar-refractivity contribution < 1.29 is 19.1 Å². The molecule has 0 radical (unpaired) electrons. The van der Waals surface area contributed by atoms with E-state index in [1.165, 1.54) is 12.2 Å². The third-order valence-corrected chi connectivity index (χ3v) is 7.05. The second kappa shape index (κ2) is 10.9. The molecule has 0 amide bonds. The third kappa shape index (κ3) is 5.90. The van der Waals surface area contributed by atoms with Crippen molar-refractivity contribution in [1.82, 2.24) is 0 Å². The van der Waals surface area contributed by atoms with Crippen LogP contribution < -0.4 is 9.47 Å². The van der Waals surface area contributed by atoms with Crippen LogP contribution in [0.1, 0.15) is 11.1 Å². The van der Waals surface area contributed by atoms with E-state index in [1.807, 2.05) is 48.5 Å². The zero-order valence-corrected chi connectivity index (χ0v) is 18.4. The normalized spacial score (nSPS) is 13.7. The van der Waals surface area contributed by atoms with Crippen molar-refractivity contribution in [3.8, 4) is 11.5 Å². The summed E-state index contributed by atoms with van der Waals surface area (Å²) in [5, 5.41) is 0. The summed E-state index contributed by atoms with van der Waals surface area (Å²) in [5.41, 5.74) is 1.96. The second-order valence-corrected chi connectivity index (χ2v) is 8.77. The molecule has 1 fully saturated rings. The molecule has 0 N–H and O–H groups in total. The van der Waals surface area contributed by atoms with E-state index in [4.69, 9.17) is 9.47 Å². The monoisotopic (exact) mass is 438 g/mol. The molecule has 1 heterocycles. The van der Waals surface area contributed by atoms with Crippen molar-refractivity contribution in [2.75, 3.05) is 25.7 Å². The van der Waals surface area contributed by atoms with E-state index in [-0.39, 0.29) is 17.1 Å². The summed E-state index contributed by atoms with van der Waals surface area (Å²) >= 11 is 3.12. The van der Waals surface area contributed by atoms with E-state index in [2.05, 4.69) is 0 Å². The van der Waals surface area contributed by atoms with Crippen molar-refractivity contribution >= 4 is 47.2 Å². The average molecular weight is 439 g/mol. The Labute approximate surface area is 185 Å². The van der Waals surface area contributed by atoms with E-state index >= 15 is 0 Å². The lowest BCUT2D eigenvalue weighted by atomic mass is 10.1. The van der Waals surface area contributed by atoms with Crippen LogP contribution in [0.3, 0.4) is 0 Å². The van der Waals surface area contributed by atoms with Crippen LogP contribution >= 0.6 is 23.5 Å². The van der Waals surface area contributed by atoms with Crippen molar-refractivity contribution in [2.45, 2.75) is 0 Å². The smallest absolute Gasteiger partial charge is 0.191 e. The molecular formula is C24H22O4S2. The second-order valence-electron chi connectivity index (χ2n) is 6.30. The molecule has 2 aromatic carbocycles. The van der Waals surface area contributed by atoms with Crippen LogP contribution in [0.4, 0.5) is 0 Å². The SMILES string of the molecule is COc1ccc(/C=C/C(=O)C(C(=O)/C=C/c2ccc(OC)cc2)=C2SCCS2)cc1. The zero-order chi connectivity index (χ0) is 21.3. The molecule has 6 heteroatoms. The van der Waals surface area contributed by atoms with Crippen LogP contribution in [0.2, 0.25) is 0 Å². The van der Waals surface area contributed by atoms with E-state index in [0.717, 1.165) is 38.4 Å². The predicted molar refractivity (Wildman–Crippen MR) is 126 cm³/mol. The standard InChI is InChI=1S/C24H22O4S2/c1-27-19-9-3-17(4-10-19)7-13-21(25)23(24-29-15-16-30-24)22(26)14-8-18-5-11-20(28-2)12-6-18/h3-14H,15-16H2,1-2H3/b13-7+,14-8+. The van der Waals surface area contributed by atoms with Crippen LogP contribution in [0.15, 0.2) is 70.5 Å². The van der Waals surface area contributed by atoms with Crippen LogP contribution in [0.25, 0.3) is 12.2 Å². The first-order valence-electron chi connectivity index (χ1n) is 9.33. The minimum Gasteiger partial charge on any atom is -0.497 e. The van der Waals surface area contributed by atoms with Gasteiger partial charge in [-0.25, -0.2) is 0 Å². The number of hydrogen-bond acceptors (Lipinski definition) is 6. The first kappa shape index (κ1) is 22.0. The highest BCUT2D eigenvalue weighted by atomic mass is 32.2. The lowest BCUT2D eigenvalue weighted by Crippen LogP contribution is -2.10. The highest BCUT2D eigenvalue weighted by Crippen LogP contribution is 2.39. The number of hydrogen-bond donors (Lipinski definition) is 0. The van der Waals surface area contributed by atoms with Gasteiger partial charge < -0.3 is 9.47 Å². The quantitative estimate of drug-likeness (QED) is 0.318. The fraction of sp³-hybridized carbons (Fsp3) is 0.167. The molecule has 154 valence electrons. The number of thioether (sulfide) groups is 2. The van der Waals surface area contributed by atoms with Gasteiger partial charge in [-0.1, -0.05) is 36.4 Å². The lowest BCUT2D eigenvalue weighted by molar-refractivity contribution is -0.116. The average Bonchev–Trinajstić information content (AvgIpc) is 3.31. The molecule has 1 aliphatic heterocycles. The molecule has 30 heavy (non-hydrogen) atoms. The number of methoxy groups -OCH3 is 2. The van der Waals surface area contributed by atoms with Crippen LogP contribution in [-0.4, -0.2) is 37.3 Å². The van der Waals surface area contributed by atoms with Gasteiger partial charge >= 0.3 is 0 Å². The molecule has 0 aliphatic carbocycles. The molecule has 0 aromatic heterocycles. The van der Waals surface area contributed by atoms with E-state index in [1.54, 1.807) is 49.9 Å². The van der Waals surface area contributed by atoms with Crippen molar-refractivity contribution in [1.29, 1.82) is 0 Å². The Balaban J connectivity index is 1.78. The fourth-order valence-electron chi connectivity index (χ4n) is 2.72. The number of benzene rings is 2. The summed E-state index contributed by atoms with van der Waals surface area (Å²) in [6.45, 7) is 0. The topological polar surface area (TPSA) is 52.6 Å². The maximum atomic E-state index is 12.9. The Kier molecular flexibility index (Phi) is 7.99. The maximum absolute atomic E-state index is 12.9. The zero-order valence-electron chi connectivity index (χ0n) is 16.8. The Hall–Kier alpha value is -2.70. The van der Waals surface area contributed by atoms with Gasteiger partial charge in [0.05, 0.1) is 24.0 Å². The van der Waals surface area contributed by atoms with Crippen LogP contribution in [0, 0.1) is 0 Å². The van der Waals surface area contributed by atoms with Crippen LogP contribution in [0.5, 0.6) is 11.5 Å². The Morgan fingerprint density at radius 1 is 0.733 bits per heavy atom. The number of rotatable bonds is 8. The molecule has 4 nitrogen and oxygen atoms in total. The molecule has 1 saturated heterocycles. The summed E-state index contributed by atoms with van der Waals surface area (Å²) in [6, 6.07) is 14.8. The molecule has 0 bridgehead atoms. The molecule has 0 spiro atoms. The molecular weight excluding hydrogens is 416 g/mol. The molecule has 0 unspecified atom stereocenters. The fourth-order valence-corrected chi connectivity index (χ4v) is 5.28. The van der Waals surface area contributed by atoms with E-state index in [9.17, 15) is 9.59 Å². The summed E-state index contributed by atoms with van der Waals surface area (Å²) in [7, 11) is 3.21. The van der Waals surface area contributed by atoms with Gasteiger partial charge in [0.25, 0.3) is 0 Å². The highest BCUT2D eigenvalue weighted by Gasteiger charge is 2.23. The minimum absolute atomic E-state index is 0.233. The van der Waals surface area contributed by atoms with Crippen molar-refractivity contribution in [2.24, 2.45) is 0 Å². The van der Waals surface area contributed by atoms with Gasteiger partial charge in [-0.3, -0.25) is 9.59 Å². The van der Waals surface area contributed by atoms with E-state index in [0.29, 0.717) is 0 Å². The number of ether oxygens (including phenoxy) is 2. The summed E-state index contributed by atoms with van der Waals surface area (Å²) in [5.74, 6) is 2.72. The summed E-state index contributed by atoms with van der Waals surface area (Å²) in [4.78, 5) is 25.8. The van der Waals surface area contributed by atoms with Gasteiger partial charge in [-0.05, 0) is 47.5 Å². The number of carbonyl (C=O) groups is 2. The van der Waals surface area contributed by atoms with Gasteiger partial charge in [0, 0.05) is 11.5 Å². The molecule has 1 aliphatic rings. The first-order valence-corrected chi connectivity index (χ1v) is 11.3. The largest absolute Gasteiger partial charge is 0.497 e. The molecule has 2 aromatic rings. The lowest BCUT2D eigenvalue weighted by Gasteiger charge is -2.04. The number of carbonyl (C=O) groups excluding carboxylic acids is 2. The maximum Gasteiger partial charge on any atom is 0.191 e. The van der Waals surface area contributed by atoms with Gasteiger partial charge in [0.15, 0.2) is 11.6 Å².